The quantitative estimate of drug-likeness (QED) is 0.818. The summed E-state index contributed by atoms with van der Waals surface area (Å²) in [6, 6.07) is 7.11. The second-order valence-electron chi connectivity index (χ2n) is 8.61. The minimum atomic E-state index is 0.273. The van der Waals surface area contributed by atoms with Gasteiger partial charge in [0.15, 0.2) is 0 Å². The Balaban J connectivity index is 1.44. The van der Waals surface area contributed by atoms with E-state index in [-0.39, 0.29) is 6.04 Å². The van der Waals surface area contributed by atoms with E-state index in [0.29, 0.717) is 12.5 Å². The number of fused-ring (bicyclic) bond motifs is 3. The van der Waals surface area contributed by atoms with Crippen molar-refractivity contribution < 1.29 is 4.79 Å². The van der Waals surface area contributed by atoms with Crippen LogP contribution in [0.1, 0.15) is 35.7 Å². The molecule has 1 amide bonds. The van der Waals surface area contributed by atoms with Gasteiger partial charge < -0.3 is 14.4 Å². The Kier molecular flexibility index (Phi) is 4.25. The van der Waals surface area contributed by atoms with Gasteiger partial charge >= 0.3 is 0 Å². The Bertz CT molecular complexity index is 878. The van der Waals surface area contributed by atoms with E-state index in [2.05, 4.69) is 51.4 Å². The Morgan fingerprint density at radius 2 is 1.93 bits per heavy atom. The first-order chi connectivity index (χ1) is 13.1. The van der Waals surface area contributed by atoms with Gasteiger partial charge in [-0.25, -0.2) is 0 Å². The van der Waals surface area contributed by atoms with Crippen LogP contribution >= 0.6 is 0 Å². The lowest BCUT2D eigenvalue weighted by molar-refractivity contribution is -0.136. The van der Waals surface area contributed by atoms with Gasteiger partial charge in [-0.15, -0.1) is 0 Å². The first-order valence-corrected chi connectivity index (χ1v) is 10.4. The molecule has 1 fully saturated rings. The predicted octanol–water partition coefficient (Wildman–Crippen LogP) is 2.42. The minimum Gasteiger partial charge on any atom is -0.341 e. The number of aromatic nitrogens is 1. The normalized spacial score (nSPS) is 23.6. The Morgan fingerprint density at radius 3 is 2.74 bits per heavy atom. The van der Waals surface area contributed by atoms with Crippen molar-refractivity contribution in [3.8, 4) is 0 Å². The third-order valence-electron chi connectivity index (χ3n) is 6.80. The molecule has 3 aliphatic rings. The van der Waals surface area contributed by atoms with Crippen molar-refractivity contribution in [2.24, 2.45) is 0 Å². The van der Waals surface area contributed by atoms with Crippen molar-refractivity contribution in [2.75, 3.05) is 46.3 Å². The molecule has 1 aromatic heterocycles. The first kappa shape index (κ1) is 17.3. The molecule has 0 spiro atoms. The van der Waals surface area contributed by atoms with Crippen LogP contribution in [-0.4, -0.2) is 71.5 Å². The summed E-state index contributed by atoms with van der Waals surface area (Å²) in [5.41, 5.74) is 5.62. The van der Waals surface area contributed by atoms with Crippen LogP contribution in [-0.2, 0) is 17.8 Å². The number of carbonyl (C=O) groups is 1. The fourth-order valence-electron chi connectivity index (χ4n) is 5.30. The van der Waals surface area contributed by atoms with Crippen LogP contribution in [0.2, 0.25) is 0 Å². The number of benzene rings is 1. The largest absolute Gasteiger partial charge is 0.341 e. The average molecular weight is 367 g/mol. The van der Waals surface area contributed by atoms with E-state index in [1.165, 1.54) is 34.1 Å². The van der Waals surface area contributed by atoms with Gasteiger partial charge in [-0.05, 0) is 50.9 Å². The highest BCUT2D eigenvalue weighted by Crippen LogP contribution is 2.42. The number of carbonyl (C=O) groups excluding carboxylic acids is 1. The fraction of sp³-hybridized carbons (Fsp3) is 0.591. The van der Waals surface area contributed by atoms with E-state index in [1.807, 2.05) is 0 Å². The number of hydrogen-bond acceptors (Lipinski definition) is 3. The molecule has 5 nitrogen and oxygen atoms in total. The number of piperazine rings is 1. The van der Waals surface area contributed by atoms with Crippen LogP contribution in [0.25, 0.3) is 10.9 Å². The molecule has 5 rings (SSSR count). The summed E-state index contributed by atoms with van der Waals surface area (Å²) in [6.07, 6.45) is 3.44. The second-order valence-corrected chi connectivity index (χ2v) is 8.61. The first-order valence-electron chi connectivity index (χ1n) is 10.4. The molecule has 0 radical (unpaired) electrons. The summed E-state index contributed by atoms with van der Waals surface area (Å²) < 4.78 is 2.51. The van der Waals surface area contributed by atoms with Gasteiger partial charge in [-0.3, -0.25) is 9.69 Å². The maximum atomic E-state index is 13.2. The third-order valence-corrected chi connectivity index (χ3v) is 6.80. The topological polar surface area (TPSA) is 31.7 Å². The summed E-state index contributed by atoms with van der Waals surface area (Å²) in [5, 5.41) is 1.42. The molecule has 1 aliphatic carbocycles. The Hall–Kier alpha value is -1.85. The molecular formula is C22H30N4O. The number of nitrogens with zero attached hydrogens (tertiary/aromatic N) is 4. The van der Waals surface area contributed by atoms with Crippen LogP contribution in [0.4, 0.5) is 0 Å². The number of rotatable bonds is 2. The molecule has 0 N–H and O–H groups in total. The second kappa shape index (κ2) is 6.64. The van der Waals surface area contributed by atoms with Crippen molar-refractivity contribution in [2.45, 2.75) is 38.8 Å². The zero-order valence-corrected chi connectivity index (χ0v) is 16.6. The standard InChI is InChI=1S/C22H30N4O/c1-16-6-7-19-18(14-16)17-4-3-5-20-22(17)26(19)13-12-25(20)21(27)15-24-10-8-23(2)9-11-24/h6-7,14,20H,3-5,8-13,15H2,1-2H3/t20-/m1/s1. The maximum Gasteiger partial charge on any atom is 0.237 e. The van der Waals surface area contributed by atoms with Crippen molar-refractivity contribution >= 4 is 16.8 Å². The summed E-state index contributed by atoms with van der Waals surface area (Å²) in [7, 11) is 2.16. The van der Waals surface area contributed by atoms with Gasteiger partial charge in [0, 0.05) is 55.9 Å². The molecule has 2 aromatic rings. The van der Waals surface area contributed by atoms with Crippen LogP contribution < -0.4 is 0 Å². The van der Waals surface area contributed by atoms with E-state index in [1.54, 1.807) is 0 Å². The molecule has 1 saturated heterocycles. The van der Waals surface area contributed by atoms with Crippen LogP contribution in [0.3, 0.4) is 0 Å². The van der Waals surface area contributed by atoms with E-state index in [4.69, 9.17) is 0 Å². The number of hydrogen-bond donors (Lipinski definition) is 0. The molecular weight excluding hydrogens is 336 g/mol. The maximum absolute atomic E-state index is 13.2. The molecule has 0 unspecified atom stereocenters. The minimum absolute atomic E-state index is 0.273. The van der Waals surface area contributed by atoms with Gasteiger partial charge in [0.2, 0.25) is 5.91 Å². The van der Waals surface area contributed by atoms with Gasteiger partial charge in [0.05, 0.1) is 12.6 Å². The average Bonchev–Trinajstić information content (AvgIpc) is 2.99. The molecule has 2 aliphatic heterocycles. The molecule has 0 bridgehead atoms. The Morgan fingerprint density at radius 1 is 1.11 bits per heavy atom. The van der Waals surface area contributed by atoms with Crippen molar-refractivity contribution in [3.63, 3.8) is 0 Å². The smallest absolute Gasteiger partial charge is 0.237 e. The fourth-order valence-corrected chi connectivity index (χ4v) is 5.30. The summed E-state index contributed by atoms with van der Waals surface area (Å²) >= 11 is 0. The highest BCUT2D eigenvalue weighted by atomic mass is 16.2. The summed E-state index contributed by atoms with van der Waals surface area (Å²) in [5.74, 6) is 0.324. The number of likely N-dealkylation sites (N-methyl/N-ethyl adjacent to an activating group) is 1. The van der Waals surface area contributed by atoms with Crippen molar-refractivity contribution in [1.29, 1.82) is 0 Å². The predicted molar refractivity (Wildman–Crippen MR) is 108 cm³/mol. The van der Waals surface area contributed by atoms with Crippen molar-refractivity contribution in [1.82, 2.24) is 19.3 Å². The lowest BCUT2D eigenvalue weighted by atomic mass is 9.89. The highest BCUT2D eigenvalue weighted by Gasteiger charge is 2.37. The van der Waals surface area contributed by atoms with Crippen LogP contribution in [0.15, 0.2) is 18.2 Å². The molecule has 5 heteroatoms. The zero-order valence-electron chi connectivity index (χ0n) is 16.6. The van der Waals surface area contributed by atoms with Crippen LogP contribution in [0.5, 0.6) is 0 Å². The molecule has 27 heavy (non-hydrogen) atoms. The lowest BCUT2D eigenvalue weighted by Crippen LogP contribution is -2.51. The van der Waals surface area contributed by atoms with Crippen LogP contribution in [0, 0.1) is 6.92 Å². The number of amides is 1. The molecule has 144 valence electrons. The SMILES string of the molecule is Cc1ccc2c(c1)c1c3n2CCN(C(=O)CN2CCN(C)CC2)[C@@H]3CCC1. The van der Waals surface area contributed by atoms with Gasteiger partial charge in [0.25, 0.3) is 0 Å². The lowest BCUT2D eigenvalue weighted by Gasteiger charge is -2.41. The Labute approximate surface area is 161 Å². The van der Waals surface area contributed by atoms with E-state index in [0.717, 1.165) is 52.1 Å². The highest BCUT2D eigenvalue weighted by molar-refractivity contribution is 5.88. The van der Waals surface area contributed by atoms with Gasteiger partial charge in [0.1, 0.15) is 0 Å². The molecule has 3 heterocycles. The molecule has 1 aromatic carbocycles. The number of aryl methyl sites for hydroxylation is 2. The van der Waals surface area contributed by atoms with Gasteiger partial charge in [-0.1, -0.05) is 11.6 Å². The van der Waals surface area contributed by atoms with Crippen molar-refractivity contribution in [3.05, 3.63) is 35.0 Å². The van der Waals surface area contributed by atoms with Gasteiger partial charge in [-0.2, -0.15) is 0 Å². The molecule has 1 atom stereocenters. The monoisotopic (exact) mass is 366 g/mol. The molecule has 0 saturated carbocycles. The summed E-state index contributed by atoms with van der Waals surface area (Å²) in [4.78, 5) is 20.1. The van der Waals surface area contributed by atoms with E-state index >= 15 is 0 Å². The third kappa shape index (κ3) is 2.88. The van der Waals surface area contributed by atoms with E-state index < -0.39 is 0 Å². The summed E-state index contributed by atoms with van der Waals surface area (Å²) in [6.45, 7) is 8.68. The van der Waals surface area contributed by atoms with E-state index in [9.17, 15) is 4.79 Å². The zero-order chi connectivity index (χ0) is 18.5.